The van der Waals surface area contributed by atoms with Gasteiger partial charge in [-0.15, -0.1) is 0 Å². The molecule has 0 amide bonds. The van der Waals surface area contributed by atoms with E-state index < -0.39 is 11.4 Å². The minimum absolute atomic E-state index is 0.132. The molecule has 0 aromatic heterocycles. The Morgan fingerprint density at radius 2 is 1.84 bits per heavy atom. The maximum Gasteiger partial charge on any atom is 0.164 e. The predicted molar refractivity (Wildman–Crippen MR) is 88.8 cm³/mol. The van der Waals surface area contributed by atoms with Crippen LogP contribution >= 0.6 is 0 Å². The maximum atomic E-state index is 9.78. The van der Waals surface area contributed by atoms with Gasteiger partial charge in [0.05, 0.1) is 0 Å². The minimum atomic E-state index is -0.799. The molecule has 0 spiro atoms. The molecule has 0 aliphatic carbocycles. The van der Waals surface area contributed by atoms with Gasteiger partial charge in [0, 0.05) is 18.1 Å². The Labute approximate surface area is 145 Å². The molecule has 0 radical (unpaired) electrons. The molecule has 132 valence electrons. The molecular weight excluding hydrogens is 324 g/mol. The van der Waals surface area contributed by atoms with E-state index in [-0.39, 0.29) is 30.0 Å². The number of rotatable bonds is 2. The van der Waals surface area contributed by atoms with E-state index in [1.54, 1.807) is 24.3 Å². The SMILES string of the molecule is CC1(C)O[C@H]2c3ccc(O)cc3OC[C@@]2(Cc2ccc(O)c(O)c2)O1. The van der Waals surface area contributed by atoms with Crippen molar-refractivity contribution < 1.29 is 29.5 Å². The Morgan fingerprint density at radius 1 is 1.04 bits per heavy atom. The van der Waals surface area contributed by atoms with Gasteiger partial charge >= 0.3 is 0 Å². The fourth-order valence-electron chi connectivity index (χ4n) is 3.68. The highest BCUT2D eigenvalue weighted by Gasteiger charge is 2.57. The number of hydrogen-bond donors (Lipinski definition) is 3. The van der Waals surface area contributed by atoms with E-state index in [2.05, 4.69) is 0 Å². The summed E-state index contributed by atoms with van der Waals surface area (Å²) in [5, 5.41) is 29.0. The molecule has 1 saturated heterocycles. The number of phenols is 3. The first-order chi connectivity index (χ1) is 11.8. The van der Waals surface area contributed by atoms with Crippen LogP contribution in [0.3, 0.4) is 0 Å². The first-order valence-corrected chi connectivity index (χ1v) is 8.13. The van der Waals surface area contributed by atoms with Crippen molar-refractivity contribution in [3.05, 3.63) is 47.5 Å². The molecule has 2 heterocycles. The first-order valence-electron chi connectivity index (χ1n) is 8.13. The lowest BCUT2D eigenvalue weighted by atomic mass is 9.84. The fourth-order valence-corrected chi connectivity index (χ4v) is 3.68. The topological polar surface area (TPSA) is 88.4 Å². The molecule has 2 aromatic rings. The van der Waals surface area contributed by atoms with E-state index in [1.165, 1.54) is 12.1 Å². The van der Waals surface area contributed by atoms with E-state index in [4.69, 9.17) is 14.2 Å². The minimum Gasteiger partial charge on any atom is -0.508 e. The van der Waals surface area contributed by atoms with Gasteiger partial charge in [-0.2, -0.15) is 0 Å². The summed E-state index contributed by atoms with van der Waals surface area (Å²) < 4.78 is 18.3. The van der Waals surface area contributed by atoms with Crippen LogP contribution in [0.15, 0.2) is 36.4 Å². The zero-order chi connectivity index (χ0) is 17.8. The van der Waals surface area contributed by atoms with E-state index >= 15 is 0 Å². The van der Waals surface area contributed by atoms with Crippen molar-refractivity contribution in [1.29, 1.82) is 0 Å². The number of ether oxygens (including phenoxy) is 3. The van der Waals surface area contributed by atoms with Gasteiger partial charge in [-0.25, -0.2) is 0 Å². The third-order valence-electron chi connectivity index (χ3n) is 4.62. The van der Waals surface area contributed by atoms with Crippen molar-refractivity contribution in [3.63, 3.8) is 0 Å². The number of aromatic hydroxyl groups is 3. The summed E-state index contributed by atoms with van der Waals surface area (Å²) in [4.78, 5) is 0. The Bertz CT molecular complexity index is 831. The quantitative estimate of drug-likeness (QED) is 0.726. The third kappa shape index (κ3) is 2.67. The fraction of sp³-hybridized carbons (Fsp3) is 0.368. The Balaban J connectivity index is 1.75. The standard InChI is InChI=1S/C19H20O6/c1-18(2)24-17-13-5-4-12(20)8-16(13)23-10-19(17,25-18)9-11-3-6-14(21)15(22)7-11/h3-8,17,20-22H,9-10H2,1-2H3/t17-,19+/m0/s1. The number of fused-ring (bicyclic) bond motifs is 3. The van der Waals surface area contributed by atoms with Gasteiger partial charge in [0.25, 0.3) is 0 Å². The van der Waals surface area contributed by atoms with Gasteiger partial charge in [-0.3, -0.25) is 0 Å². The van der Waals surface area contributed by atoms with Crippen LogP contribution in [0.25, 0.3) is 0 Å². The summed E-state index contributed by atoms with van der Waals surface area (Å²) in [7, 11) is 0. The second-order valence-corrected chi connectivity index (χ2v) is 7.08. The average molecular weight is 344 g/mol. The smallest absolute Gasteiger partial charge is 0.164 e. The molecule has 3 N–H and O–H groups in total. The molecule has 2 aliphatic rings. The van der Waals surface area contributed by atoms with Crippen LogP contribution in [-0.2, 0) is 15.9 Å². The second-order valence-electron chi connectivity index (χ2n) is 7.08. The summed E-state index contributed by atoms with van der Waals surface area (Å²) in [5.74, 6) is -0.427. The normalized spacial score (nSPS) is 26.6. The summed E-state index contributed by atoms with van der Waals surface area (Å²) in [6.07, 6.45) is 0.0673. The van der Waals surface area contributed by atoms with Crippen LogP contribution in [0.4, 0.5) is 0 Å². The highest BCUT2D eigenvalue weighted by Crippen LogP contribution is 2.53. The Kier molecular flexibility index (Phi) is 3.39. The van der Waals surface area contributed by atoms with Crippen LogP contribution in [0.2, 0.25) is 0 Å². The van der Waals surface area contributed by atoms with Crippen LogP contribution < -0.4 is 4.74 Å². The van der Waals surface area contributed by atoms with Crippen molar-refractivity contribution in [3.8, 4) is 23.0 Å². The zero-order valence-electron chi connectivity index (χ0n) is 14.0. The van der Waals surface area contributed by atoms with E-state index in [1.807, 2.05) is 13.8 Å². The molecule has 1 fully saturated rings. The Hall–Kier alpha value is -2.44. The summed E-state index contributed by atoms with van der Waals surface area (Å²) in [5.41, 5.74) is 0.849. The first kappa shape index (κ1) is 16.1. The molecule has 6 nitrogen and oxygen atoms in total. The van der Waals surface area contributed by atoms with Gasteiger partial charge < -0.3 is 29.5 Å². The molecule has 0 saturated carbocycles. The van der Waals surface area contributed by atoms with Crippen LogP contribution in [0, 0.1) is 0 Å². The highest BCUT2D eigenvalue weighted by atomic mass is 16.8. The summed E-state index contributed by atoms with van der Waals surface area (Å²) >= 11 is 0. The van der Waals surface area contributed by atoms with E-state index in [0.717, 1.165) is 11.1 Å². The molecule has 2 aliphatic heterocycles. The molecule has 2 aromatic carbocycles. The summed E-state index contributed by atoms with van der Waals surface area (Å²) in [6, 6.07) is 9.65. The van der Waals surface area contributed by atoms with Crippen molar-refractivity contribution in [2.45, 2.75) is 37.8 Å². The molecule has 6 heteroatoms. The lowest BCUT2D eigenvalue weighted by Gasteiger charge is -2.37. The number of phenolic OH excluding ortho intramolecular Hbond substituents is 3. The monoisotopic (exact) mass is 344 g/mol. The van der Waals surface area contributed by atoms with Crippen molar-refractivity contribution in [1.82, 2.24) is 0 Å². The van der Waals surface area contributed by atoms with Crippen LogP contribution in [0.5, 0.6) is 23.0 Å². The van der Waals surface area contributed by atoms with Gasteiger partial charge in [0.15, 0.2) is 17.3 Å². The molecule has 25 heavy (non-hydrogen) atoms. The van der Waals surface area contributed by atoms with Gasteiger partial charge in [-0.05, 0) is 43.7 Å². The predicted octanol–water partition coefficient (Wildman–Crippen LogP) is 3.00. The van der Waals surface area contributed by atoms with Gasteiger partial charge in [0.2, 0.25) is 0 Å². The van der Waals surface area contributed by atoms with Crippen molar-refractivity contribution >= 4 is 0 Å². The second kappa shape index (κ2) is 5.28. The lowest BCUT2D eigenvalue weighted by molar-refractivity contribution is -0.167. The van der Waals surface area contributed by atoms with Gasteiger partial charge in [0.1, 0.15) is 29.8 Å². The van der Waals surface area contributed by atoms with Crippen LogP contribution in [0.1, 0.15) is 31.1 Å². The molecule has 2 atom stereocenters. The molecule has 0 bridgehead atoms. The molecule has 0 unspecified atom stereocenters. The van der Waals surface area contributed by atoms with E-state index in [0.29, 0.717) is 12.2 Å². The number of hydrogen-bond acceptors (Lipinski definition) is 6. The molecule has 4 rings (SSSR count). The lowest BCUT2D eigenvalue weighted by Crippen LogP contribution is -2.46. The van der Waals surface area contributed by atoms with Gasteiger partial charge in [-0.1, -0.05) is 6.07 Å². The zero-order valence-corrected chi connectivity index (χ0v) is 14.0. The molecular formula is C19H20O6. The van der Waals surface area contributed by atoms with E-state index in [9.17, 15) is 15.3 Å². The van der Waals surface area contributed by atoms with Crippen molar-refractivity contribution in [2.75, 3.05) is 6.61 Å². The average Bonchev–Trinajstić information content (AvgIpc) is 2.81. The number of benzene rings is 2. The third-order valence-corrected chi connectivity index (χ3v) is 4.62. The summed E-state index contributed by atoms with van der Waals surface area (Å²) in [6.45, 7) is 3.95. The van der Waals surface area contributed by atoms with Crippen molar-refractivity contribution in [2.24, 2.45) is 0 Å². The Morgan fingerprint density at radius 3 is 2.60 bits per heavy atom. The maximum absolute atomic E-state index is 9.78. The van der Waals surface area contributed by atoms with Crippen LogP contribution in [-0.4, -0.2) is 33.3 Å². The largest absolute Gasteiger partial charge is 0.508 e. The highest BCUT2D eigenvalue weighted by molar-refractivity contribution is 5.46.